The predicted octanol–water partition coefficient (Wildman–Crippen LogP) is 1.24. The fourth-order valence-electron chi connectivity index (χ4n) is 1.47. The van der Waals surface area contributed by atoms with Crippen LogP contribution in [0.5, 0.6) is 0 Å². The van der Waals surface area contributed by atoms with Gasteiger partial charge in [0.05, 0.1) is 5.52 Å². The third kappa shape index (κ3) is 1.93. The number of hydrogen-bond donors (Lipinski definition) is 2. The average molecular weight is 234 g/mol. The summed E-state index contributed by atoms with van der Waals surface area (Å²) in [6.07, 6.45) is 1.65. The lowest BCUT2D eigenvalue weighted by Gasteiger charge is -2.21. The molecule has 0 amide bonds. The van der Waals surface area contributed by atoms with E-state index in [2.05, 4.69) is 15.3 Å². The third-order valence-corrected chi connectivity index (χ3v) is 2.62. The van der Waals surface area contributed by atoms with Crippen molar-refractivity contribution in [2.24, 2.45) is 7.05 Å². The second-order valence-electron chi connectivity index (χ2n) is 4.40. The van der Waals surface area contributed by atoms with Crippen molar-refractivity contribution < 1.29 is 9.90 Å². The van der Waals surface area contributed by atoms with Crippen LogP contribution in [0, 0.1) is 0 Å². The number of aliphatic carboxylic acids is 1. The Hall–Kier alpha value is -2.11. The molecule has 0 bridgehead atoms. The van der Waals surface area contributed by atoms with Crippen LogP contribution in [0.2, 0.25) is 0 Å². The lowest BCUT2D eigenvalue weighted by molar-refractivity contribution is -0.141. The van der Waals surface area contributed by atoms with Gasteiger partial charge in [0.15, 0.2) is 5.65 Å². The molecular weight excluding hydrogens is 220 g/mol. The highest BCUT2D eigenvalue weighted by Gasteiger charge is 2.28. The maximum Gasteiger partial charge on any atom is 0.328 e. The lowest BCUT2D eigenvalue weighted by Crippen LogP contribution is -2.40. The summed E-state index contributed by atoms with van der Waals surface area (Å²) in [7, 11) is 1.82. The molecule has 0 fully saturated rings. The summed E-state index contributed by atoms with van der Waals surface area (Å²) in [5.41, 5.74) is 0.379. The molecule has 0 spiro atoms. The summed E-state index contributed by atoms with van der Waals surface area (Å²) in [5, 5.41) is 11.9. The van der Waals surface area contributed by atoms with Crippen LogP contribution in [-0.4, -0.2) is 31.1 Å². The van der Waals surface area contributed by atoms with Crippen molar-refractivity contribution in [3.63, 3.8) is 0 Å². The second kappa shape index (κ2) is 3.73. The molecule has 6 nitrogen and oxygen atoms in total. The van der Waals surface area contributed by atoms with E-state index in [4.69, 9.17) is 5.11 Å². The Kier molecular flexibility index (Phi) is 2.49. The van der Waals surface area contributed by atoms with Crippen LogP contribution in [0.3, 0.4) is 0 Å². The van der Waals surface area contributed by atoms with Crippen molar-refractivity contribution in [3.8, 4) is 0 Å². The van der Waals surface area contributed by atoms with Gasteiger partial charge in [0.1, 0.15) is 5.54 Å². The van der Waals surface area contributed by atoms with Crippen LogP contribution in [0.4, 0.5) is 5.95 Å². The minimum atomic E-state index is -1.07. The number of anilines is 1. The van der Waals surface area contributed by atoms with Gasteiger partial charge < -0.3 is 15.0 Å². The topological polar surface area (TPSA) is 80.0 Å². The van der Waals surface area contributed by atoms with Gasteiger partial charge in [-0.15, -0.1) is 0 Å². The molecule has 2 aromatic rings. The molecule has 2 heterocycles. The van der Waals surface area contributed by atoms with Crippen LogP contribution < -0.4 is 5.32 Å². The smallest absolute Gasteiger partial charge is 0.328 e. The minimum absolute atomic E-state index is 0.492. The molecule has 6 heteroatoms. The van der Waals surface area contributed by atoms with Crippen molar-refractivity contribution in [2.75, 3.05) is 5.32 Å². The van der Waals surface area contributed by atoms with Crippen molar-refractivity contribution in [3.05, 3.63) is 18.3 Å². The number of carbonyl (C=O) groups is 1. The minimum Gasteiger partial charge on any atom is -0.480 e. The van der Waals surface area contributed by atoms with Crippen LogP contribution >= 0.6 is 0 Å². The molecule has 17 heavy (non-hydrogen) atoms. The standard InChI is InChI=1S/C11H14N4O2/c1-11(2,9(16)17)14-10-13-8-7(15(10)3)5-4-6-12-8/h4-6H,1-3H3,(H,16,17)(H,12,13,14). The number of rotatable bonds is 3. The maximum absolute atomic E-state index is 11.0. The van der Waals surface area contributed by atoms with E-state index < -0.39 is 11.5 Å². The number of fused-ring (bicyclic) bond motifs is 1. The number of carboxylic acids is 1. The first-order chi connectivity index (χ1) is 7.92. The average Bonchev–Trinajstić information content (AvgIpc) is 2.56. The van der Waals surface area contributed by atoms with E-state index in [0.717, 1.165) is 5.52 Å². The summed E-state index contributed by atoms with van der Waals surface area (Å²) in [6.45, 7) is 3.17. The van der Waals surface area contributed by atoms with Gasteiger partial charge in [-0.1, -0.05) is 0 Å². The number of carboxylic acid groups (broad SMARTS) is 1. The van der Waals surface area contributed by atoms with Gasteiger partial charge in [-0.05, 0) is 26.0 Å². The largest absolute Gasteiger partial charge is 0.480 e. The molecule has 2 aromatic heterocycles. The van der Waals surface area contributed by atoms with Gasteiger partial charge >= 0.3 is 5.97 Å². The highest BCUT2D eigenvalue weighted by Crippen LogP contribution is 2.19. The summed E-state index contributed by atoms with van der Waals surface area (Å²) in [6, 6.07) is 3.70. The van der Waals surface area contributed by atoms with Gasteiger partial charge in [-0.25, -0.2) is 9.78 Å². The first kappa shape index (κ1) is 11.4. The SMILES string of the molecule is Cn1c(NC(C)(C)C(=O)O)nc2ncccc21. The molecule has 0 aliphatic heterocycles. The van der Waals surface area contributed by atoms with Crippen molar-refractivity contribution in [1.29, 1.82) is 0 Å². The van der Waals surface area contributed by atoms with Crippen molar-refractivity contribution in [1.82, 2.24) is 14.5 Å². The third-order valence-electron chi connectivity index (χ3n) is 2.62. The fraction of sp³-hybridized carbons (Fsp3) is 0.364. The Labute approximate surface area is 98.3 Å². The zero-order valence-electron chi connectivity index (χ0n) is 9.93. The highest BCUT2D eigenvalue weighted by atomic mass is 16.4. The van der Waals surface area contributed by atoms with E-state index in [9.17, 15) is 4.79 Å². The quantitative estimate of drug-likeness (QED) is 0.835. The van der Waals surface area contributed by atoms with Crippen molar-refractivity contribution in [2.45, 2.75) is 19.4 Å². The van der Waals surface area contributed by atoms with Crippen molar-refractivity contribution >= 4 is 23.1 Å². The van der Waals surface area contributed by atoms with E-state index in [-0.39, 0.29) is 0 Å². The second-order valence-corrected chi connectivity index (χ2v) is 4.40. The first-order valence-electron chi connectivity index (χ1n) is 5.21. The van der Waals surface area contributed by atoms with Gasteiger partial charge in [0.2, 0.25) is 5.95 Å². The molecule has 0 radical (unpaired) electrons. The Bertz CT molecular complexity index is 574. The van der Waals surface area contributed by atoms with Gasteiger partial charge in [0, 0.05) is 13.2 Å². The van der Waals surface area contributed by atoms with E-state index >= 15 is 0 Å². The fourth-order valence-corrected chi connectivity index (χ4v) is 1.47. The van der Waals surface area contributed by atoms with Crippen LogP contribution in [-0.2, 0) is 11.8 Å². The molecule has 2 N–H and O–H groups in total. The Balaban J connectivity index is 2.43. The normalized spacial score (nSPS) is 11.7. The number of hydrogen-bond acceptors (Lipinski definition) is 4. The molecule has 0 aliphatic carbocycles. The maximum atomic E-state index is 11.0. The molecule has 0 atom stereocenters. The molecule has 0 aromatic carbocycles. The van der Waals surface area contributed by atoms with Crippen LogP contribution in [0.25, 0.3) is 11.2 Å². The zero-order valence-corrected chi connectivity index (χ0v) is 9.93. The van der Waals surface area contributed by atoms with E-state index in [1.165, 1.54) is 0 Å². The van der Waals surface area contributed by atoms with Gasteiger partial charge in [-0.3, -0.25) is 0 Å². The first-order valence-corrected chi connectivity index (χ1v) is 5.21. The van der Waals surface area contributed by atoms with Gasteiger partial charge in [0.25, 0.3) is 0 Å². The highest BCUT2D eigenvalue weighted by molar-refractivity contribution is 5.82. The van der Waals surface area contributed by atoms with Crippen LogP contribution in [0.1, 0.15) is 13.8 Å². The number of nitrogens with one attached hydrogen (secondary N) is 1. The molecular formula is C11H14N4O2. The lowest BCUT2D eigenvalue weighted by atomic mass is 10.1. The Morgan fingerprint density at radius 2 is 2.24 bits per heavy atom. The summed E-state index contributed by atoms with van der Waals surface area (Å²) < 4.78 is 1.78. The number of aryl methyl sites for hydroxylation is 1. The number of imidazole rings is 1. The van der Waals surface area contributed by atoms with E-state index in [1.54, 1.807) is 24.6 Å². The molecule has 0 aliphatic rings. The summed E-state index contributed by atoms with van der Waals surface area (Å²) in [5.74, 6) is -0.441. The molecule has 0 unspecified atom stereocenters. The monoisotopic (exact) mass is 234 g/mol. The van der Waals surface area contributed by atoms with Crippen LogP contribution in [0.15, 0.2) is 18.3 Å². The Morgan fingerprint density at radius 3 is 2.82 bits per heavy atom. The predicted molar refractivity (Wildman–Crippen MR) is 63.8 cm³/mol. The summed E-state index contributed by atoms with van der Waals surface area (Å²) in [4.78, 5) is 19.4. The summed E-state index contributed by atoms with van der Waals surface area (Å²) >= 11 is 0. The number of pyridine rings is 1. The molecule has 0 saturated carbocycles. The number of nitrogens with zero attached hydrogens (tertiary/aromatic N) is 3. The molecule has 90 valence electrons. The Morgan fingerprint density at radius 1 is 1.53 bits per heavy atom. The molecule has 0 saturated heterocycles. The molecule has 2 rings (SSSR count). The van der Waals surface area contributed by atoms with E-state index in [0.29, 0.717) is 11.6 Å². The zero-order chi connectivity index (χ0) is 12.6. The van der Waals surface area contributed by atoms with Gasteiger partial charge in [-0.2, -0.15) is 4.98 Å². The number of aromatic nitrogens is 3. The van der Waals surface area contributed by atoms with E-state index in [1.807, 2.05) is 19.2 Å².